The molecule has 8 heteroatoms. The van der Waals surface area contributed by atoms with E-state index < -0.39 is 11.7 Å². The first kappa shape index (κ1) is 29.1. The van der Waals surface area contributed by atoms with Crippen molar-refractivity contribution in [3.63, 3.8) is 0 Å². The molecule has 0 saturated carbocycles. The number of hydrogen-bond donors (Lipinski definition) is 1. The van der Waals surface area contributed by atoms with E-state index >= 15 is 0 Å². The van der Waals surface area contributed by atoms with Crippen molar-refractivity contribution in [3.05, 3.63) is 95.6 Å². The number of fused-ring (bicyclic) bond motifs is 2. The zero-order chi connectivity index (χ0) is 30.0. The molecule has 3 aromatic rings. The maximum atomic E-state index is 14.4. The van der Waals surface area contributed by atoms with Crippen LogP contribution < -0.4 is 9.80 Å². The van der Waals surface area contributed by atoms with Crippen molar-refractivity contribution < 1.29 is 24.2 Å². The predicted octanol–water partition coefficient (Wildman–Crippen LogP) is 4.78. The molecule has 3 atom stereocenters. The number of nitrogens with zero attached hydrogens (tertiary/aromatic N) is 3. The molecule has 224 valence electrons. The molecule has 0 unspecified atom stereocenters. The molecule has 3 heterocycles. The summed E-state index contributed by atoms with van der Waals surface area (Å²) in [5.41, 5.74) is 3.28. The Bertz CT molecular complexity index is 1490. The predicted molar refractivity (Wildman–Crippen MR) is 164 cm³/mol. The van der Waals surface area contributed by atoms with Crippen LogP contribution in [0.2, 0.25) is 0 Å². The molecular formula is C35H39N3O5. The van der Waals surface area contributed by atoms with Gasteiger partial charge in [-0.2, -0.15) is 0 Å². The van der Waals surface area contributed by atoms with E-state index in [0.29, 0.717) is 32.5 Å². The topological polar surface area (TPSA) is 90.4 Å². The first-order chi connectivity index (χ1) is 20.9. The van der Waals surface area contributed by atoms with Crippen molar-refractivity contribution in [3.8, 4) is 0 Å². The number of carbonyl (C=O) groups excluding carboxylic acids is 3. The maximum Gasteiger partial charge on any atom is 0.264 e. The lowest BCUT2D eigenvalue weighted by molar-refractivity contribution is -0.150. The smallest absolute Gasteiger partial charge is 0.264 e. The summed E-state index contributed by atoms with van der Waals surface area (Å²) < 4.78 is 6.66. The van der Waals surface area contributed by atoms with Crippen LogP contribution in [0.3, 0.4) is 0 Å². The number of aliphatic hydroxyl groups is 1. The molecule has 2 fully saturated rings. The molecule has 1 spiro atoms. The summed E-state index contributed by atoms with van der Waals surface area (Å²) in [4.78, 5) is 45.6. The van der Waals surface area contributed by atoms with E-state index in [1.165, 1.54) is 0 Å². The van der Waals surface area contributed by atoms with Gasteiger partial charge in [-0.1, -0.05) is 67.6 Å². The van der Waals surface area contributed by atoms with Gasteiger partial charge in [-0.3, -0.25) is 14.4 Å². The van der Waals surface area contributed by atoms with Crippen LogP contribution in [0.25, 0.3) is 0 Å². The molecule has 3 aliphatic rings. The Morgan fingerprint density at radius 2 is 1.77 bits per heavy atom. The summed E-state index contributed by atoms with van der Waals surface area (Å²) in [6, 6.07) is 25.4. The van der Waals surface area contributed by atoms with Gasteiger partial charge in [0, 0.05) is 43.2 Å². The van der Waals surface area contributed by atoms with Crippen LogP contribution in [-0.2, 0) is 37.8 Å². The van der Waals surface area contributed by atoms with Gasteiger partial charge < -0.3 is 24.5 Å². The zero-order valence-electron chi connectivity index (χ0n) is 24.7. The average Bonchev–Trinajstić information content (AvgIpc) is 3.47. The van der Waals surface area contributed by atoms with Gasteiger partial charge in [-0.15, -0.1) is 0 Å². The Kier molecular flexibility index (Phi) is 8.32. The highest BCUT2D eigenvalue weighted by Gasteiger charge is 2.60. The van der Waals surface area contributed by atoms with Gasteiger partial charge in [-0.05, 0) is 48.6 Å². The minimum absolute atomic E-state index is 0.105. The van der Waals surface area contributed by atoms with Crippen molar-refractivity contribution in [1.29, 1.82) is 0 Å². The highest BCUT2D eigenvalue weighted by atomic mass is 16.5. The lowest BCUT2D eigenvalue weighted by Crippen LogP contribution is -2.44. The van der Waals surface area contributed by atoms with Gasteiger partial charge in [0.1, 0.15) is 0 Å². The summed E-state index contributed by atoms with van der Waals surface area (Å²) in [6.45, 7) is 3.61. The molecule has 3 amide bonds. The van der Waals surface area contributed by atoms with Crippen molar-refractivity contribution in [2.24, 2.45) is 5.92 Å². The van der Waals surface area contributed by atoms with Gasteiger partial charge in [0.15, 0.2) is 5.60 Å². The third kappa shape index (κ3) is 5.57. The number of aliphatic hydroxyl groups excluding tert-OH is 1. The molecule has 3 aromatic carbocycles. The molecule has 0 radical (unpaired) electrons. The van der Waals surface area contributed by atoms with E-state index in [1.54, 1.807) is 9.80 Å². The summed E-state index contributed by atoms with van der Waals surface area (Å²) in [5, 5.41) is 9.64. The second kappa shape index (κ2) is 12.3. The largest absolute Gasteiger partial charge is 0.395 e. The minimum Gasteiger partial charge on any atom is -0.395 e. The van der Waals surface area contributed by atoms with Crippen molar-refractivity contribution in [1.82, 2.24) is 4.90 Å². The van der Waals surface area contributed by atoms with Crippen LogP contribution in [0.1, 0.15) is 55.7 Å². The van der Waals surface area contributed by atoms with Gasteiger partial charge in [0.2, 0.25) is 11.8 Å². The normalized spacial score (nSPS) is 23.2. The van der Waals surface area contributed by atoms with E-state index in [4.69, 9.17) is 4.74 Å². The lowest BCUT2D eigenvalue weighted by Gasteiger charge is -2.29. The van der Waals surface area contributed by atoms with Gasteiger partial charge in [0.05, 0.1) is 31.4 Å². The van der Waals surface area contributed by atoms with Gasteiger partial charge in [-0.25, -0.2) is 0 Å². The number of carbonyl (C=O) groups is 3. The van der Waals surface area contributed by atoms with Crippen molar-refractivity contribution in [2.45, 2.75) is 63.8 Å². The molecule has 1 N–H and O–H groups in total. The van der Waals surface area contributed by atoms with Crippen LogP contribution in [0.4, 0.5) is 11.4 Å². The number of anilines is 2. The van der Waals surface area contributed by atoms with E-state index in [-0.39, 0.29) is 43.2 Å². The minimum atomic E-state index is -1.16. The fourth-order valence-electron chi connectivity index (χ4n) is 6.93. The maximum absolute atomic E-state index is 14.4. The molecule has 2 saturated heterocycles. The SMILES string of the molecule is C[C@H]1C[C@@H](CC(=O)N(CCO)Cc2ccccc2)O[C@]12C(=O)N(Cc1cccc(N3CCCCC3=O)c1)c1ccccc12. The molecular weight excluding hydrogens is 542 g/mol. The first-order valence-corrected chi connectivity index (χ1v) is 15.3. The Balaban J connectivity index is 1.21. The molecule has 0 aromatic heterocycles. The van der Waals surface area contributed by atoms with E-state index in [2.05, 4.69) is 0 Å². The monoisotopic (exact) mass is 581 g/mol. The second-order valence-electron chi connectivity index (χ2n) is 11.9. The highest BCUT2D eigenvalue weighted by Crippen LogP contribution is 2.53. The Morgan fingerprint density at radius 3 is 2.56 bits per heavy atom. The molecule has 3 aliphatic heterocycles. The van der Waals surface area contributed by atoms with Crippen molar-refractivity contribution in [2.75, 3.05) is 29.5 Å². The Morgan fingerprint density at radius 1 is 1.00 bits per heavy atom. The molecule has 6 rings (SSSR count). The number of para-hydroxylation sites is 1. The van der Waals surface area contributed by atoms with E-state index in [0.717, 1.165) is 40.9 Å². The van der Waals surface area contributed by atoms with Crippen LogP contribution in [0, 0.1) is 5.92 Å². The summed E-state index contributed by atoms with van der Waals surface area (Å²) >= 11 is 0. The average molecular weight is 582 g/mol. The van der Waals surface area contributed by atoms with Crippen molar-refractivity contribution >= 4 is 29.1 Å². The number of hydrogen-bond acceptors (Lipinski definition) is 5. The van der Waals surface area contributed by atoms with Crippen LogP contribution in [0.15, 0.2) is 78.9 Å². The molecule has 43 heavy (non-hydrogen) atoms. The number of ether oxygens (including phenoxy) is 1. The van der Waals surface area contributed by atoms with Crippen LogP contribution in [0.5, 0.6) is 0 Å². The molecule has 8 nitrogen and oxygen atoms in total. The Hall–Kier alpha value is -4.01. The molecule has 0 aliphatic carbocycles. The fourth-order valence-corrected chi connectivity index (χ4v) is 6.93. The molecule has 0 bridgehead atoms. The first-order valence-electron chi connectivity index (χ1n) is 15.3. The van der Waals surface area contributed by atoms with Gasteiger partial charge in [0.25, 0.3) is 5.91 Å². The number of benzene rings is 3. The second-order valence-corrected chi connectivity index (χ2v) is 11.9. The fraction of sp³-hybridized carbons (Fsp3) is 0.400. The highest BCUT2D eigenvalue weighted by molar-refractivity contribution is 6.07. The third-order valence-electron chi connectivity index (χ3n) is 9.05. The summed E-state index contributed by atoms with van der Waals surface area (Å²) in [7, 11) is 0. The number of amides is 3. The van der Waals surface area contributed by atoms with E-state index in [1.807, 2.05) is 90.7 Å². The number of piperidine rings is 1. The van der Waals surface area contributed by atoms with E-state index in [9.17, 15) is 19.5 Å². The summed E-state index contributed by atoms with van der Waals surface area (Å²) in [6.07, 6.45) is 2.76. The quantitative estimate of drug-likeness (QED) is 0.393. The lowest BCUT2D eigenvalue weighted by atomic mass is 9.83. The van der Waals surface area contributed by atoms with Crippen LogP contribution in [-0.4, -0.2) is 53.5 Å². The summed E-state index contributed by atoms with van der Waals surface area (Å²) in [5.74, 6) is -0.222. The zero-order valence-corrected chi connectivity index (χ0v) is 24.7. The standard InChI is InChI=1S/C35H39N3O5/c1-25-20-29(22-33(41)36(18-19-39)23-26-10-3-2-4-11-26)43-35(25)30-14-5-6-15-31(30)38(34(35)42)24-27-12-9-13-28(21-27)37-17-8-7-16-32(37)40/h2-6,9-15,21,25,29,39H,7-8,16-20,22-24H2,1H3/t25-,29-,35+/m0/s1. The Labute approximate surface area is 252 Å². The van der Waals surface area contributed by atoms with Crippen LogP contribution >= 0.6 is 0 Å². The number of rotatable bonds is 9. The van der Waals surface area contributed by atoms with Gasteiger partial charge >= 0.3 is 0 Å². The third-order valence-corrected chi connectivity index (χ3v) is 9.05.